The largest absolute Gasteiger partial charge is 0.494 e. The summed E-state index contributed by atoms with van der Waals surface area (Å²) < 4.78 is 24.7. The maximum Gasteiger partial charge on any atom is 0.298 e. The van der Waals surface area contributed by atoms with Crippen LogP contribution >= 0.6 is 0 Å². The first-order valence-electron chi connectivity index (χ1n) is 9.73. The number of ether oxygens (including phenoxy) is 1. The maximum absolute atomic E-state index is 13.9. The summed E-state index contributed by atoms with van der Waals surface area (Å²) in [6, 6.07) is 13.1. The van der Waals surface area contributed by atoms with Gasteiger partial charge in [-0.05, 0) is 42.7 Å². The lowest BCUT2D eigenvalue weighted by Crippen LogP contribution is -2.41. The normalized spacial score (nSPS) is 14.9. The smallest absolute Gasteiger partial charge is 0.298 e. The molecule has 6 nitrogen and oxygen atoms in total. The van der Waals surface area contributed by atoms with E-state index in [-0.39, 0.29) is 17.6 Å². The number of anilines is 1. The minimum absolute atomic E-state index is 0.0521. The van der Waals surface area contributed by atoms with Gasteiger partial charge in [0.25, 0.3) is 6.01 Å². The number of benzene rings is 2. The van der Waals surface area contributed by atoms with Crippen molar-refractivity contribution in [1.82, 2.24) is 9.88 Å². The fourth-order valence-electron chi connectivity index (χ4n) is 3.78. The molecule has 0 aliphatic carbocycles. The van der Waals surface area contributed by atoms with Crippen LogP contribution in [0.2, 0.25) is 0 Å². The minimum atomic E-state index is -0.419. The quantitative estimate of drug-likeness (QED) is 0.655. The second-order valence-corrected chi connectivity index (χ2v) is 7.39. The first-order chi connectivity index (χ1) is 14.0. The highest BCUT2D eigenvalue weighted by Crippen LogP contribution is 2.27. The number of amides is 1. The number of piperidine rings is 1. The average molecular weight is 397 g/mol. The third kappa shape index (κ3) is 4.04. The molecule has 7 heteroatoms. The Balaban J connectivity index is 1.35. The second-order valence-electron chi connectivity index (χ2n) is 7.39. The molecule has 0 unspecified atom stereocenters. The van der Waals surface area contributed by atoms with Crippen LogP contribution < -0.4 is 9.64 Å². The van der Waals surface area contributed by atoms with Crippen molar-refractivity contribution in [2.24, 2.45) is 5.92 Å². The second kappa shape index (κ2) is 8.11. The van der Waals surface area contributed by atoms with Crippen LogP contribution in [0, 0.1) is 11.7 Å². The number of aromatic nitrogens is 1. The van der Waals surface area contributed by atoms with Gasteiger partial charge in [0.15, 0.2) is 17.1 Å². The van der Waals surface area contributed by atoms with Gasteiger partial charge in [-0.25, -0.2) is 4.39 Å². The van der Waals surface area contributed by atoms with Crippen molar-refractivity contribution in [3.05, 3.63) is 53.8 Å². The summed E-state index contributed by atoms with van der Waals surface area (Å²) in [5.41, 5.74) is 2.35. The van der Waals surface area contributed by atoms with Crippen LogP contribution in [0.5, 0.6) is 5.75 Å². The first-order valence-corrected chi connectivity index (χ1v) is 9.73. The third-order valence-corrected chi connectivity index (χ3v) is 5.41. The molecular weight excluding hydrogens is 373 g/mol. The van der Waals surface area contributed by atoms with Gasteiger partial charge in [0.1, 0.15) is 5.52 Å². The number of hydrogen-bond acceptors (Lipinski definition) is 5. The van der Waals surface area contributed by atoms with Crippen LogP contribution in [0.1, 0.15) is 18.4 Å². The van der Waals surface area contributed by atoms with E-state index in [4.69, 9.17) is 9.15 Å². The number of hydrogen-bond donors (Lipinski definition) is 0. The Bertz CT molecular complexity index is 978. The highest BCUT2D eigenvalue weighted by Gasteiger charge is 2.29. The summed E-state index contributed by atoms with van der Waals surface area (Å²) >= 11 is 0. The van der Waals surface area contributed by atoms with E-state index in [0.29, 0.717) is 25.6 Å². The molecule has 0 spiro atoms. The van der Waals surface area contributed by atoms with Crippen molar-refractivity contribution in [2.45, 2.75) is 19.4 Å². The van der Waals surface area contributed by atoms with E-state index < -0.39 is 5.82 Å². The Morgan fingerprint density at radius 1 is 1.28 bits per heavy atom. The Hall–Kier alpha value is -3.09. The zero-order valence-corrected chi connectivity index (χ0v) is 16.6. The predicted octanol–water partition coefficient (Wildman–Crippen LogP) is 3.85. The molecule has 0 N–H and O–H groups in total. The topological polar surface area (TPSA) is 58.8 Å². The van der Waals surface area contributed by atoms with Gasteiger partial charge in [0, 0.05) is 32.6 Å². The molecule has 4 rings (SSSR count). The van der Waals surface area contributed by atoms with E-state index in [1.165, 1.54) is 13.2 Å². The van der Waals surface area contributed by atoms with Gasteiger partial charge in [-0.15, -0.1) is 0 Å². The Morgan fingerprint density at radius 2 is 2.03 bits per heavy atom. The van der Waals surface area contributed by atoms with Crippen molar-refractivity contribution in [3.8, 4) is 5.75 Å². The van der Waals surface area contributed by atoms with Crippen LogP contribution in [-0.4, -0.2) is 43.0 Å². The van der Waals surface area contributed by atoms with E-state index in [0.717, 1.165) is 29.5 Å². The number of fused-ring (bicyclic) bond motifs is 1. The maximum atomic E-state index is 13.9. The summed E-state index contributed by atoms with van der Waals surface area (Å²) in [5, 5.41) is 0. The van der Waals surface area contributed by atoms with E-state index in [1.807, 2.05) is 24.3 Å². The Kier molecular flexibility index (Phi) is 5.38. The monoisotopic (exact) mass is 397 g/mol. The van der Waals surface area contributed by atoms with E-state index in [1.54, 1.807) is 24.1 Å². The molecule has 0 radical (unpaired) electrons. The molecule has 0 atom stereocenters. The minimum Gasteiger partial charge on any atom is -0.494 e. The van der Waals surface area contributed by atoms with Crippen molar-refractivity contribution in [2.75, 3.05) is 32.1 Å². The van der Waals surface area contributed by atoms with Crippen molar-refractivity contribution < 1.29 is 18.3 Å². The number of oxazole rings is 1. The summed E-state index contributed by atoms with van der Waals surface area (Å²) in [5.74, 6) is -0.186. The fourth-order valence-corrected chi connectivity index (χ4v) is 3.78. The van der Waals surface area contributed by atoms with Crippen molar-refractivity contribution in [3.63, 3.8) is 0 Å². The molecule has 1 aliphatic heterocycles. The molecule has 29 heavy (non-hydrogen) atoms. The highest BCUT2D eigenvalue weighted by atomic mass is 19.1. The molecule has 152 valence electrons. The van der Waals surface area contributed by atoms with Crippen molar-refractivity contribution in [1.29, 1.82) is 0 Å². The van der Waals surface area contributed by atoms with Gasteiger partial charge >= 0.3 is 0 Å². The molecule has 1 fully saturated rings. The van der Waals surface area contributed by atoms with E-state index in [2.05, 4.69) is 9.88 Å². The molecule has 1 aromatic heterocycles. The lowest BCUT2D eigenvalue weighted by atomic mass is 9.95. The summed E-state index contributed by atoms with van der Waals surface area (Å²) in [7, 11) is 3.19. The zero-order valence-electron chi connectivity index (χ0n) is 16.6. The molecule has 1 amide bonds. The summed E-state index contributed by atoms with van der Waals surface area (Å²) in [4.78, 5) is 21.1. The standard InChI is InChI=1S/C22H24FN3O3/c1-25(14-15-7-8-19(28-2)17(23)13-15)21(27)16-9-11-26(12-10-16)22-24-18-5-3-4-6-20(18)29-22/h3-8,13,16H,9-12,14H2,1-2H3. The molecule has 3 aromatic rings. The molecule has 0 bridgehead atoms. The molecule has 1 saturated heterocycles. The Labute approximate surface area is 168 Å². The lowest BCUT2D eigenvalue weighted by molar-refractivity contribution is -0.135. The van der Waals surface area contributed by atoms with Gasteiger partial charge in [-0.3, -0.25) is 4.79 Å². The van der Waals surface area contributed by atoms with Gasteiger partial charge in [0.2, 0.25) is 5.91 Å². The van der Waals surface area contributed by atoms with E-state index in [9.17, 15) is 9.18 Å². The zero-order chi connectivity index (χ0) is 20.4. The number of rotatable bonds is 5. The van der Waals surface area contributed by atoms with Crippen LogP contribution in [0.3, 0.4) is 0 Å². The summed E-state index contributed by atoms with van der Waals surface area (Å²) in [6.07, 6.45) is 1.47. The van der Waals surface area contributed by atoms with E-state index >= 15 is 0 Å². The number of carbonyl (C=O) groups excluding carboxylic acids is 1. The van der Waals surface area contributed by atoms with Gasteiger partial charge in [-0.1, -0.05) is 18.2 Å². The van der Waals surface area contributed by atoms with Crippen LogP contribution in [0.4, 0.5) is 10.4 Å². The molecule has 2 aromatic carbocycles. The average Bonchev–Trinajstić information content (AvgIpc) is 3.18. The Morgan fingerprint density at radius 3 is 2.72 bits per heavy atom. The SMILES string of the molecule is COc1ccc(CN(C)C(=O)C2CCN(c3nc4ccccc4o3)CC2)cc1F. The molecule has 1 aliphatic rings. The van der Waals surface area contributed by atoms with Crippen LogP contribution in [0.25, 0.3) is 11.1 Å². The fraction of sp³-hybridized carbons (Fsp3) is 0.364. The molecule has 0 saturated carbocycles. The van der Waals surface area contributed by atoms with Crippen LogP contribution in [0.15, 0.2) is 46.9 Å². The van der Waals surface area contributed by atoms with Crippen molar-refractivity contribution >= 4 is 23.0 Å². The van der Waals surface area contributed by atoms with Gasteiger partial charge in [0.05, 0.1) is 7.11 Å². The summed E-state index contributed by atoms with van der Waals surface area (Å²) in [6.45, 7) is 1.80. The lowest BCUT2D eigenvalue weighted by Gasteiger charge is -2.32. The van der Waals surface area contributed by atoms with Gasteiger partial charge in [-0.2, -0.15) is 4.98 Å². The van der Waals surface area contributed by atoms with Crippen LogP contribution in [-0.2, 0) is 11.3 Å². The number of nitrogens with zero attached hydrogens (tertiary/aromatic N) is 3. The predicted molar refractivity (Wildman–Crippen MR) is 108 cm³/mol. The first kappa shape index (κ1) is 19.2. The van der Waals surface area contributed by atoms with Gasteiger partial charge < -0.3 is 19.0 Å². The number of halogens is 1. The highest BCUT2D eigenvalue weighted by molar-refractivity contribution is 5.79. The molecule has 2 heterocycles. The number of para-hydroxylation sites is 2. The molecular formula is C22H24FN3O3. The third-order valence-electron chi connectivity index (χ3n) is 5.41. The number of carbonyl (C=O) groups is 1. The number of methoxy groups -OCH3 is 1.